The van der Waals surface area contributed by atoms with Crippen LogP contribution in [-0.4, -0.2) is 18.6 Å². The summed E-state index contributed by atoms with van der Waals surface area (Å²) >= 11 is 0. The summed E-state index contributed by atoms with van der Waals surface area (Å²) in [7, 11) is -2.66. The summed E-state index contributed by atoms with van der Waals surface area (Å²) in [4.78, 5) is 0.141. The van der Waals surface area contributed by atoms with Gasteiger partial charge >= 0.3 is 0 Å². The molecule has 0 aliphatic carbocycles. The molecule has 1 aromatic rings. The SMILES string of the molecule is CC(C)(O)c1ccc([SH](=O)=O)cc1CO. The van der Waals surface area contributed by atoms with Crippen LogP contribution in [0.4, 0.5) is 0 Å². The van der Waals surface area contributed by atoms with Crippen LogP contribution in [0.25, 0.3) is 0 Å². The van der Waals surface area contributed by atoms with Crippen LogP contribution in [0.3, 0.4) is 0 Å². The standard InChI is InChI=1S/C10H14O4S/c1-10(2,12)9-4-3-8(15(13)14)5-7(9)6-11/h3-5,11-12,15H,6H2,1-2H3. The molecule has 0 heterocycles. The number of hydrogen-bond acceptors (Lipinski definition) is 4. The van der Waals surface area contributed by atoms with Crippen molar-refractivity contribution >= 4 is 10.7 Å². The maximum Gasteiger partial charge on any atom is 0.168 e. The average molecular weight is 230 g/mol. The van der Waals surface area contributed by atoms with E-state index in [2.05, 4.69) is 0 Å². The Labute approximate surface area is 90.1 Å². The van der Waals surface area contributed by atoms with Gasteiger partial charge in [-0.1, -0.05) is 6.07 Å². The minimum Gasteiger partial charge on any atom is -0.392 e. The third-order valence-corrected chi connectivity index (χ3v) is 2.83. The average Bonchev–Trinajstić information content (AvgIpc) is 2.15. The van der Waals surface area contributed by atoms with Crippen molar-refractivity contribution in [1.29, 1.82) is 0 Å². The van der Waals surface area contributed by atoms with Crippen LogP contribution < -0.4 is 0 Å². The van der Waals surface area contributed by atoms with Crippen molar-refractivity contribution in [1.82, 2.24) is 0 Å². The van der Waals surface area contributed by atoms with E-state index in [0.717, 1.165) is 0 Å². The van der Waals surface area contributed by atoms with E-state index in [-0.39, 0.29) is 11.5 Å². The summed E-state index contributed by atoms with van der Waals surface area (Å²) < 4.78 is 21.4. The summed E-state index contributed by atoms with van der Waals surface area (Å²) in [6.07, 6.45) is 0. The van der Waals surface area contributed by atoms with Gasteiger partial charge in [0.1, 0.15) is 0 Å². The van der Waals surface area contributed by atoms with Gasteiger partial charge in [0.2, 0.25) is 0 Å². The van der Waals surface area contributed by atoms with Gasteiger partial charge in [-0.25, -0.2) is 8.42 Å². The number of hydrogen-bond donors (Lipinski definition) is 3. The monoisotopic (exact) mass is 230 g/mol. The smallest absolute Gasteiger partial charge is 0.168 e. The Hall–Kier alpha value is -0.910. The van der Waals surface area contributed by atoms with Crippen LogP contribution in [-0.2, 0) is 22.9 Å². The van der Waals surface area contributed by atoms with Gasteiger partial charge in [-0.05, 0) is 37.1 Å². The predicted molar refractivity (Wildman–Crippen MR) is 56.2 cm³/mol. The molecule has 0 aliphatic heterocycles. The fourth-order valence-corrected chi connectivity index (χ4v) is 1.88. The van der Waals surface area contributed by atoms with Gasteiger partial charge in [-0.15, -0.1) is 0 Å². The number of rotatable bonds is 3. The molecule has 84 valence electrons. The number of thiol groups is 1. The zero-order chi connectivity index (χ0) is 11.6. The molecule has 0 fully saturated rings. The molecule has 1 aromatic carbocycles. The fourth-order valence-electron chi connectivity index (χ4n) is 1.42. The highest BCUT2D eigenvalue weighted by Crippen LogP contribution is 2.25. The first-order valence-electron chi connectivity index (χ1n) is 4.47. The van der Waals surface area contributed by atoms with Gasteiger partial charge in [0, 0.05) is 0 Å². The van der Waals surface area contributed by atoms with Gasteiger partial charge in [0.15, 0.2) is 10.7 Å². The fraction of sp³-hybridized carbons (Fsp3) is 0.400. The zero-order valence-corrected chi connectivity index (χ0v) is 9.49. The quantitative estimate of drug-likeness (QED) is 0.656. The minimum absolute atomic E-state index is 0.141. The second kappa shape index (κ2) is 4.30. The lowest BCUT2D eigenvalue weighted by Gasteiger charge is -2.21. The number of benzene rings is 1. The molecule has 0 saturated carbocycles. The Kier molecular flexibility index (Phi) is 3.49. The summed E-state index contributed by atoms with van der Waals surface area (Å²) in [5.74, 6) is 0. The van der Waals surface area contributed by atoms with Gasteiger partial charge < -0.3 is 10.2 Å². The second-order valence-electron chi connectivity index (χ2n) is 3.82. The molecule has 0 bridgehead atoms. The zero-order valence-electron chi connectivity index (χ0n) is 8.60. The molecular weight excluding hydrogens is 216 g/mol. The van der Waals surface area contributed by atoms with E-state index in [9.17, 15) is 13.5 Å². The Balaban J connectivity index is 3.33. The van der Waals surface area contributed by atoms with Crippen LogP contribution in [0.15, 0.2) is 23.1 Å². The number of aliphatic hydroxyl groups is 2. The molecule has 0 aliphatic rings. The Morgan fingerprint density at radius 3 is 2.33 bits per heavy atom. The van der Waals surface area contributed by atoms with Crippen molar-refractivity contribution in [3.63, 3.8) is 0 Å². The third-order valence-electron chi connectivity index (χ3n) is 2.13. The molecule has 0 unspecified atom stereocenters. The maximum absolute atomic E-state index is 10.7. The van der Waals surface area contributed by atoms with Crippen LogP contribution in [0.1, 0.15) is 25.0 Å². The summed E-state index contributed by atoms with van der Waals surface area (Å²) in [5.41, 5.74) is -0.129. The van der Waals surface area contributed by atoms with Gasteiger partial charge in [-0.2, -0.15) is 0 Å². The molecule has 0 aromatic heterocycles. The largest absolute Gasteiger partial charge is 0.392 e. The first-order valence-corrected chi connectivity index (χ1v) is 5.65. The van der Waals surface area contributed by atoms with Crippen LogP contribution in [0.2, 0.25) is 0 Å². The predicted octanol–water partition coefficient (Wildman–Crippen LogP) is 0.377. The Morgan fingerprint density at radius 1 is 1.33 bits per heavy atom. The van der Waals surface area contributed by atoms with E-state index in [0.29, 0.717) is 11.1 Å². The Bertz CT molecular complexity index is 422. The third kappa shape index (κ3) is 2.77. The van der Waals surface area contributed by atoms with Crippen molar-refractivity contribution < 1.29 is 18.6 Å². The van der Waals surface area contributed by atoms with Crippen molar-refractivity contribution in [2.45, 2.75) is 31.0 Å². The van der Waals surface area contributed by atoms with Gasteiger partial charge in [0.05, 0.1) is 17.1 Å². The molecule has 0 saturated heterocycles. The molecule has 15 heavy (non-hydrogen) atoms. The lowest BCUT2D eigenvalue weighted by atomic mass is 9.93. The molecule has 0 spiro atoms. The molecule has 0 atom stereocenters. The lowest BCUT2D eigenvalue weighted by molar-refractivity contribution is 0.0759. The van der Waals surface area contributed by atoms with Crippen molar-refractivity contribution in [3.05, 3.63) is 29.3 Å². The van der Waals surface area contributed by atoms with E-state index in [1.54, 1.807) is 13.8 Å². The lowest BCUT2D eigenvalue weighted by Crippen LogP contribution is -2.18. The van der Waals surface area contributed by atoms with Crippen LogP contribution in [0, 0.1) is 0 Å². The highest BCUT2D eigenvalue weighted by atomic mass is 32.2. The van der Waals surface area contributed by atoms with Gasteiger partial charge in [-0.3, -0.25) is 0 Å². The molecular formula is C10H14O4S. The maximum atomic E-state index is 10.7. The van der Waals surface area contributed by atoms with Crippen molar-refractivity contribution in [3.8, 4) is 0 Å². The van der Waals surface area contributed by atoms with E-state index in [4.69, 9.17) is 5.11 Å². The molecule has 0 amide bonds. The summed E-state index contributed by atoms with van der Waals surface area (Å²) in [6, 6.07) is 4.31. The van der Waals surface area contributed by atoms with E-state index in [1.165, 1.54) is 18.2 Å². The van der Waals surface area contributed by atoms with Crippen molar-refractivity contribution in [2.24, 2.45) is 0 Å². The molecule has 5 heteroatoms. The van der Waals surface area contributed by atoms with Gasteiger partial charge in [0.25, 0.3) is 0 Å². The number of aliphatic hydroxyl groups excluding tert-OH is 1. The van der Waals surface area contributed by atoms with E-state index in [1.807, 2.05) is 0 Å². The van der Waals surface area contributed by atoms with E-state index >= 15 is 0 Å². The van der Waals surface area contributed by atoms with Crippen molar-refractivity contribution in [2.75, 3.05) is 0 Å². The molecule has 2 N–H and O–H groups in total. The normalized spacial score (nSPS) is 12.1. The van der Waals surface area contributed by atoms with E-state index < -0.39 is 16.3 Å². The highest BCUT2D eigenvalue weighted by Gasteiger charge is 2.19. The van der Waals surface area contributed by atoms with Crippen LogP contribution in [0.5, 0.6) is 0 Å². The first-order chi connectivity index (χ1) is 6.86. The summed E-state index contributed by atoms with van der Waals surface area (Å²) in [6.45, 7) is 2.87. The highest BCUT2D eigenvalue weighted by molar-refractivity contribution is 7.72. The Morgan fingerprint density at radius 2 is 1.93 bits per heavy atom. The molecule has 1 rings (SSSR count). The first kappa shape index (κ1) is 12.2. The minimum atomic E-state index is -2.66. The molecule has 0 radical (unpaired) electrons. The topological polar surface area (TPSA) is 74.6 Å². The second-order valence-corrected chi connectivity index (χ2v) is 4.85. The van der Waals surface area contributed by atoms with Crippen LogP contribution >= 0.6 is 0 Å². The molecule has 4 nitrogen and oxygen atoms in total. The summed E-state index contributed by atoms with van der Waals surface area (Å²) in [5, 5.41) is 18.8.